The average Bonchev–Trinajstić information content (AvgIpc) is 3.49. The monoisotopic (exact) mass is 406 g/mol. The van der Waals surface area contributed by atoms with Crippen molar-refractivity contribution in [1.29, 1.82) is 0 Å². The van der Waals surface area contributed by atoms with Gasteiger partial charge in [0.15, 0.2) is 5.76 Å². The smallest absolute Gasteiger partial charge is 0.291 e. The predicted octanol–water partition coefficient (Wildman–Crippen LogP) is 3.13. The summed E-state index contributed by atoms with van der Waals surface area (Å²) in [5, 5.41) is 15.0. The molecule has 0 unspecified atom stereocenters. The number of nitro groups is 1. The minimum absolute atomic E-state index is 0.00596. The molecule has 0 saturated carbocycles. The van der Waals surface area contributed by atoms with Gasteiger partial charge in [-0.3, -0.25) is 14.9 Å². The van der Waals surface area contributed by atoms with Crippen molar-refractivity contribution in [2.75, 3.05) is 0 Å². The maximum atomic E-state index is 12.6. The Bertz CT molecular complexity index is 1440. The fourth-order valence-corrected chi connectivity index (χ4v) is 3.69. The first-order valence-corrected chi connectivity index (χ1v) is 9.20. The number of hydrogen-bond donors (Lipinski definition) is 0. The Labute approximate surface area is 165 Å². The number of hydrogen-bond acceptors (Lipinski definition) is 8. The van der Waals surface area contributed by atoms with Crippen LogP contribution in [0.4, 0.5) is 5.69 Å². The molecule has 4 aromatic heterocycles. The molecule has 0 aliphatic carbocycles. The molecule has 0 spiro atoms. The van der Waals surface area contributed by atoms with Crippen LogP contribution in [0.15, 0.2) is 68.4 Å². The highest BCUT2D eigenvalue weighted by molar-refractivity contribution is 7.15. The molecular formula is C19H10N4O5S. The summed E-state index contributed by atoms with van der Waals surface area (Å²) >= 11 is 1.19. The molecule has 142 valence electrons. The quantitative estimate of drug-likeness (QED) is 0.332. The molecule has 0 saturated heterocycles. The van der Waals surface area contributed by atoms with E-state index in [0.29, 0.717) is 38.2 Å². The topological polar surface area (TPSA) is 117 Å². The van der Waals surface area contributed by atoms with Crippen molar-refractivity contribution in [3.63, 3.8) is 0 Å². The zero-order valence-electron chi connectivity index (χ0n) is 14.5. The van der Waals surface area contributed by atoms with Crippen molar-refractivity contribution in [3.05, 3.63) is 85.6 Å². The number of furan rings is 2. The number of benzene rings is 1. The summed E-state index contributed by atoms with van der Waals surface area (Å²) in [6, 6.07) is 12.9. The summed E-state index contributed by atoms with van der Waals surface area (Å²) in [5.41, 5.74) is 0.401. The van der Waals surface area contributed by atoms with Crippen molar-refractivity contribution in [3.8, 4) is 22.9 Å². The minimum atomic E-state index is -0.459. The van der Waals surface area contributed by atoms with Crippen LogP contribution < -0.4 is 10.1 Å². The first-order chi connectivity index (χ1) is 14.1. The van der Waals surface area contributed by atoms with Gasteiger partial charge in [-0.05, 0) is 36.4 Å². The van der Waals surface area contributed by atoms with E-state index in [0.717, 1.165) is 0 Å². The summed E-state index contributed by atoms with van der Waals surface area (Å²) < 4.78 is 12.7. The number of nitro benzene ring substituents is 1. The highest BCUT2D eigenvalue weighted by atomic mass is 32.1. The standard InChI is InChI=1S/C19H10N4O5S/c24-18-16(29-19-20-17(21-22(18)19)15-2-1-9-27-15)10-13-7-8-14(28-13)11-3-5-12(6-4-11)23(25)26/h1-10H. The van der Waals surface area contributed by atoms with Gasteiger partial charge in [0.2, 0.25) is 10.8 Å². The Morgan fingerprint density at radius 3 is 2.62 bits per heavy atom. The van der Waals surface area contributed by atoms with Crippen LogP contribution in [0, 0.1) is 10.1 Å². The molecule has 9 nitrogen and oxygen atoms in total. The van der Waals surface area contributed by atoms with Gasteiger partial charge < -0.3 is 8.83 Å². The summed E-state index contributed by atoms with van der Waals surface area (Å²) in [7, 11) is 0. The van der Waals surface area contributed by atoms with Crippen LogP contribution in [0.1, 0.15) is 5.76 Å². The van der Waals surface area contributed by atoms with Gasteiger partial charge in [-0.15, -0.1) is 5.10 Å². The van der Waals surface area contributed by atoms with Gasteiger partial charge in [0.1, 0.15) is 16.1 Å². The maximum Gasteiger partial charge on any atom is 0.291 e. The van der Waals surface area contributed by atoms with Gasteiger partial charge in [0, 0.05) is 23.8 Å². The van der Waals surface area contributed by atoms with Crippen LogP contribution in [0.3, 0.4) is 0 Å². The molecule has 0 radical (unpaired) electrons. The van der Waals surface area contributed by atoms with Crippen LogP contribution in [-0.4, -0.2) is 19.5 Å². The lowest BCUT2D eigenvalue weighted by atomic mass is 10.1. The van der Waals surface area contributed by atoms with E-state index in [1.807, 2.05) is 0 Å². The lowest BCUT2D eigenvalue weighted by molar-refractivity contribution is -0.384. The van der Waals surface area contributed by atoms with E-state index in [1.165, 1.54) is 34.2 Å². The lowest BCUT2D eigenvalue weighted by Crippen LogP contribution is -2.23. The van der Waals surface area contributed by atoms with E-state index >= 15 is 0 Å². The van der Waals surface area contributed by atoms with Crippen molar-refractivity contribution in [2.45, 2.75) is 0 Å². The van der Waals surface area contributed by atoms with Gasteiger partial charge in [-0.2, -0.15) is 9.50 Å². The van der Waals surface area contributed by atoms with E-state index < -0.39 is 4.92 Å². The zero-order valence-corrected chi connectivity index (χ0v) is 15.3. The Kier molecular flexibility index (Phi) is 3.85. The van der Waals surface area contributed by atoms with Gasteiger partial charge in [-0.25, -0.2) is 0 Å². The molecule has 0 aliphatic heterocycles. The van der Waals surface area contributed by atoms with Crippen LogP contribution in [-0.2, 0) is 0 Å². The molecule has 10 heteroatoms. The lowest BCUT2D eigenvalue weighted by Gasteiger charge is -1.96. The number of fused-ring (bicyclic) bond motifs is 1. The van der Waals surface area contributed by atoms with Gasteiger partial charge >= 0.3 is 0 Å². The summed E-state index contributed by atoms with van der Waals surface area (Å²) in [5.74, 6) is 1.86. The van der Waals surface area contributed by atoms with E-state index in [2.05, 4.69) is 10.1 Å². The van der Waals surface area contributed by atoms with E-state index in [1.54, 1.807) is 42.5 Å². The molecule has 0 fully saturated rings. The van der Waals surface area contributed by atoms with E-state index in [4.69, 9.17) is 8.83 Å². The maximum absolute atomic E-state index is 12.6. The third-order valence-corrected chi connectivity index (χ3v) is 5.15. The molecule has 0 bridgehead atoms. The van der Waals surface area contributed by atoms with Crippen LogP contribution in [0.5, 0.6) is 0 Å². The highest BCUT2D eigenvalue weighted by Crippen LogP contribution is 2.25. The molecule has 4 heterocycles. The normalized spacial score (nSPS) is 12.1. The number of thiazole rings is 1. The van der Waals surface area contributed by atoms with E-state index in [9.17, 15) is 14.9 Å². The number of rotatable bonds is 4. The first-order valence-electron chi connectivity index (χ1n) is 8.38. The van der Waals surface area contributed by atoms with Crippen molar-refractivity contribution in [1.82, 2.24) is 14.6 Å². The summed E-state index contributed by atoms with van der Waals surface area (Å²) in [6.45, 7) is 0. The number of non-ortho nitro benzene ring substituents is 1. The van der Waals surface area contributed by atoms with Crippen LogP contribution in [0.2, 0.25) is 0 Å². The zero-order chi connectivity index (χ0) is 20.0. The van der Waals surface area contributed by atoms with Crippen molar-refractivity contribution in [2.24, 2.45) is 0 Å². The van der Waals surface area contributed by atoms with Crippen LogP contribution in [0.25, 0.3) is 33.9 Å². The Morgan fingerprint density at radius 2 is 1.93 bits per heavy atom. The molecule has 0 amide bonds. The highest BCUT2D eigenvalue weighted by Gasteiger charge is 2.14. The molecule has 29 heavy (non-hydrogen) atoms. The molecule has 0 aliphatic rings. The molecule has 5 rings (SSSR count). The summed E-state index contributed by atoms with van der Waals surface area (Å²) in [6.07, 6.45) is 3.13. The second-order valence-electron chi connectivity index (χ2n) is 6.03. The first kappa shape index (κ1) is 17.1. The second-order valence-corrected chi connectivity index (χ2v) is 7.04. The average molecular weight is 406 g/mol. The molecule has 0 atom stereocenters. The van der Waals surface area contributed by atoms with Crippen LogP contribution >= 0.6 is 11.3 Å². The van der Waals surface area contributed by atoms with Gasteiger partial charge in [0.25, 0.3) is 11.2 Å². The largest absolute Gasteiger partial charge is 0.461 e. The molecule has 5 aromatic rings. The fraction of sp³-hybridized carbons (Fsp3) is 0. The number of nitrogens with zero attached hydrogens (tertiary/aromatic N) is 4. The SMILES string of the molecule is O=c1c(=Cc2ccc(-c3ccc([N+](=O)[O-])cc3)o2)sc2nc(-c3ccco3)nn12. The van der Waals surface area contributed by atoms with E-state index in [-0.39, 0.29) is 11.2 Å². The summed E-state index contributed by atoms with van der Waals surface area (Å²) in [4.78, 5) is 27.7. The van der Waals surface area contributed by atoms with Crippen molar-refractivity contribution < 1.29 is 13.8 Å². The number of aromatic nitrogens is 3. The Balaban J connectivity index is 1.48. The third-order valence-electron chi connectivity index (χ3n) is 4.19. The van der Waals surface area contributed by atoms with Gasteiger partial charge in [-0.1, -0.05) is 11.3 Å². The molecular weight excluding hydrogens is 396 g/mol. The Hall–Kier alpha value is -4.05. The third kappa shape index (κ3) is 3.01. The fourth-order valence-electron chi connectivity index (χ4n) is 2.81. The minimum Gasteiger partial charge on any atom is -0.461 e. The van der Waals surface area contributed by atoms with Gasteiger partial charge in [0.05, 0.1) is 11.2 Å². The predicted molar refractivity (Wildman–Crippen MR) is 104 cm³/mol. The molecule has 0 N–H and O–H groups in total. The molecule has 1 aromatic carbocycles. The Morgan fingerprint density at radius 1 is 1.10 bits per heavy atom. The second kappa shape index (κ2) is 6.53. The van der Waals surface area contributed by atoms with Crippen molar-refractivity contribution >= 4 is 28.1 Å².